The number of β-lactam (4-membered cyclic amide) rings is 1. The first-order chi connectivity index (χ1) is 19.2. The first-order valence-electron chi connectivity index (χ1n) is 11.4. The smallest absolute Gasteiger partial charge is 0.543 e. The molecule has 2 aliphatic rings. The summed E-state index contributed by atoms with van der Waals surface area (Å²) in [6.45, 7) is 0. The average Bonchev–Trinajstić information content (AvgIpc) is 3.59. The van der Waals surface area contributed by atoms with Crippen LogP contribution in [0.3, 0.4) is 0 Å². The minimum atomic E-state index is -1.56. The number of amides is 2. The van der Waals surface area contributed by atoms with Gasteiger partial charge in [-0.25, -0.2) is 4.98 Å². The van der Waals surface area contributed by atoms with E-state index in [1.54, 1.807) is 6.07 Å². The molecule has 4 heterocycles. The third-order valence-corrected chi connectivity index (χ3v) is 7.86. The number of phenolic OH excluding ortho intramolecular Hbond substituents is 2. The molecule has 206 valence electrons. The number of oxime groups is 1. The molecule has 5 rings (SSSR count). The molecule has 2 aromatic heterocycles. The molecule has 2 unspecified atom stereocenters. The van der Waals surface area contributed by atoms with E-state index in [0.717, 1.165) is 16.2 Å². The molecule has 0 spiro atoms. The molecule has 2 aliphatic heterocycles. The largest absolute Gasteiger partial charge is 1.00 e. The number of anilines is 1. The van der Waals surface area contributed by atoms with E-state index >= 15 is 0 Å². The molecule has 1 saturated heterocycles. The van der Waals surface area contributed by atoms with Gasteiger partial charge in [0.2, 0.25) is 0 Å². The van der Waals surface area contributed by atoms with Crippen molar-refractivity contribution in [1.82, 2.24) is 20.4 Å². The van der Waals surface area contributed by atoms with Gasteiger partial charge in [0, 0.05) is 22.8 Å². The number of aromatic nitrogens is 2. The van der Waals surface area contributed by atoms with Crippen LogP contribution in [-0.4, -0.2) is 73.0 Å². The van der Waals surface area contributed by atoms with Crippen molar-refractivity contribution in [2.24, 2.45) is 5.16 Å². The van der Waals surface area contributed by atoms with Gasteiger partial charge in [0.15, 0.2) is 28.1 Å². The quantitative estimate of drug-likeness (QED) is 0.0676. The molecule has 17 heteroatoms. The van der Waals surface area contributed by atoms with Crippen molar-refractivity contribution in [1.29, 1.82) is 0 Å². The summed E-state index contributed by atoms with van der Waals surface area (Å²) in [6.07, 6.45) is 2.95. The number of thioether (sulfide) groups is 1. The molecule has 1 fully saturated rings. The van der Waals surface area contributed by atoms with Gasteiger partial charge in [-0.1, -0.05) is 16.4 Å². The normalized spacial score (nSPS) is 18.5. The fraction of sp³-hybridized carbons (Fsp3) is 0.167. The summed E-state index contributed by atoms with van der Waals surface area (Å²) in [5.41, 5.74) is 6.44. The number of benzene rings is 1. The number of carbonyl (C=O) groups is 3. The van der Waals surface area contributed by atoms with Crippen LogP contribution in [-0.2, 0) is 19.2 Å². The molecule has 1 aromatic carbocycles. The molecule has 41 heavy (non-hydrogen) atoms. The second-order valence-electron chi connectivity index (χ2n) is 8.37. The van der Waals surface area contributed by atoms with Crippen LogP contribution >= 0.6 is 23.1 Å². The summed E-state index contributed by atoms with van der Waals surface area (Å²) in [4.78, 5) is 47.7. The fourth-order valence-electron chi connectivity index (χ4n) is 4.03. The van der Waals surface area contributed by atoms with Gasteiger partial charge in [-0.15, -0.1) is 23.1 Å². The zero-order valence-electron chi connectivity index (χ0n) is 21.4. The summed E-state index contributed by atoms with van der Waals surface area (Å²) in [7, 11) is 1.25. The Bertz CT molecular complexity index is 1620. The maximum atomic E-state index is 13.0. The van der Waals surface area contributed by atoms with E-state index in [4.69, 9.17) is 15.1 Å². The van der Waals surface area contributed by atoms with E-state index in [1.807, 2.05) is 0 Å². The molecule has 5 N–H and O–H groups in total. The van der Waals surface area contributed by atoms with Gasteiger partial charge >= 0.3 is 29.6 Å². The van der Waals surface area contributed by atoms with Crippen molar-refractivity contribution < 1.29 is 68.6 Å². The Kier molecular flexibility index (Phi) is 9.08. The molecule has 0 bridgehead atoms. The number of aliphatic carboxylic acids is 1. The molecular weight excluding hydrogens is 587 g/mol. The molecule has 3 aromatic rings. The number of fused-ring (bicyclic) bond motifs is 1. The van der Waals surface area contributed by atoms with Crippen LogP contribution in [0.1, 0.15) is 11.5 Å². The van der Waals surface area contributed by atoms with Gasteiger partial charge in [0.05, 0.1) is 11.7 Å². The number of carbonyl (C=O) groups excluding carboxylic acids is 3. The summed E-state index contributed by atoms with van der Waals surface area (Å²) < 4.78 is 5.27. The van der Waals surface area contributed by atoms with Gasteiger partial charge in [-0.05, 0) is 29.8 Å². The SMILES string of the molecule is CO/N=C(\C(=O)NC1C(=O)N2C(C(=O)[O-])=C(/C=C/c3cc(-c4ccc(O)c(O)c4)no3)CSC12)c1csc(N)n1.[Na+]. The third kappa shape index (κ3) is 5.96. The number of phenols is 2. The van der Waals surface area contributed by atoms with Crippen LogP contribution in [0.15, 0.2) is 56.7 Å². The maximum Gasteiger partial charge on any atom is 1.00 e. The number of rotatable bonds is 8. The van der Waals surface area contributed by atoms with Crippen molar-refractivity contribution in [3.8, 4) is 22.8 Å². The zero-order valence-corrected chi connectivity index (χ0v) is 25.1. The Morgan fingerprint density at radius 2 is 2.07 bits per heavy atom. The number of nitrogens with one attached hydrogen (secondary N) is 1. The summed E-state index contributed by atoms with van der Waals surface area (Å²) in [5, 5.41) is 42.4. The topological polar surface area (TPSA) is 217 Å². The van der Waals surface area contributed by atoms with Crippen LogP contribution < -0.4 is 45.7 Å². The number of nitrogen functional groups attached to an aromatic ring is 1. The first kappa shape index (κ1) is 30.1. The van der Waals surface area contributed by atoms with Crippen LogP contribution in [0.5, 0.6) is 11.5 Å². The molecule has 0 saturated carbocycles. The van der Waals surface area contributed by atoms with E-state index in [9.17, 15) is 29.7 Å². The summed E-state index contributed by atoms with van der Waals surface area (Å²) in [5.74, 6) is -3.07. The van der Waals surface area contributed by atoms with Gasteiger partial charge in [0.1, 0.15) is 29.9 Å². The van der Waals surface area contributed by atoms with Crippen LogP contribution in [0.4, 0.5) is 5.13 Å². The number of hydrogen-bond donors (Lipinski definition) is 4. The van der Waals surface area contributed by atoms with Crippen LogP contribution in [0.2, 0.25) is 0 Å². The van der Waals surface area contributed by atoms with E-state index in [2.05, 4.69) is 20.6 Å². The number of nitrogens with two attached hydrogens (primary N) is 1. The second-order valence-corrected chi connectivity index (χ2v) is 10.4. The predicted octanol–water partition coefficient (Wildman–Crippen LogP) is -2.74. The molecule has 14 nitrogen and oxygen atoms in total. The number of hydrogen-bond acceptors (Lipinski definition) is 14. The Labute approximate surface area is 261 Å². The Morgan fingerprint density at radius 1 is 1.29 bits per heavy atom. The molecule has 0 radical (unpaired) electrons. The number of carboxylic acid groups (broad SMARTS) is 1. The average molecular weight is 607 g/mol. The predicted molar refractivity (Wildman–Crippen MR) is 141 cm³/mol. The number of aromatic hydroxyl groups is 2. The monoisotopic (exact) mass is 606 g/mol. The molecule has 0 aliphatic carbocycles. The van der Waals surface area contributed by atoms with Crippen LogP contribution in [0, 0.1) is 0 Å². The van der Waals surface area contributed by atoms with Crippen molar-refractivity contribution in [3.05, 3.63) is 58.4 Å². The van der Waals surface area contributed by atoms with Gasteiger partial charge < -0.3 is 40.5 Å². The molecule has 2 amide bonds. The third-order valence-electron chi connectivity index (χ3n) is 5.89. The summed E-state index contributed by atoms with van der Waals surface area (Å²) >= 11 is 2.35. The Morgan fingerprint density at radius 3 is 2.73 bits per heavy atom. The van der Waals surface area contributed by atoms with Crippen molar-refractivity contribution in [2.75, 3.05) is 18.6 Å². The maximum absolute atomic E-state index is 13.0. The van der Waals surface area contributed by atoms with Crippen molar-refractivity contribution in [3.63, 3.8) is 0 Å². The minimum absolute atomic E-state index is 0. The zero-order chi connectivity index (χ0) is 28.6. The Hall–Kier alpha value is -3.83. The number of thiazole rings is 1. The first-order valence-corrected chi connectivity index (χ1v) is 13.3. The summed E-state index contributed by atoms with van der Waals surface area (Å²) in [6, 6.07) is 4.69. The van der Waals surface area contributed by atoms with E-state index in [0.29, 0.717) is 16.8 Å². The van der Waals surface area contributed by atoms with Gasteiger partial charge in [-0.3, -0.25) is 14.5 Å². The standard InChI is InChI=1S/C24H20N6O8S2.Na/c1-37-29-17(14-9-40-24(25)26-14)20(33)27-18-21(34)30-19(23(35)36)11(8-39-22(18)30)2-4-12-7-13(28-38-12)10-3-5-15(31)16(32)6-10;/h2-7,9,18,22,31-32H,8H2,1H3,(H2,25,26)(H,27,33)(H,35,36);/q;+1/p-1/b4-2+,29-17-;. The molecular formula is C24H19N6NaO8S2. The Balaban J connectivity index is 0.00000387. The number of carboxylic acids is 1. The van der Waals surface area contributed by atoms with E-state index in [1.165, 1.54) is 54.6 Å². The number of allylic oxidation sites excluding steroid dienone is 1. The van der Waals surface area contributed by atoms with Crippen molar-refractivity contribution in [2.45, 2.75) is 11.4 Å². The van der Waals surface area contributed by atoms with Gasteiger partial charge in [-0.2, -0.15) is 0 Å². The van der Waals surface area contributed by atoms with Gasteiger partial charge in [0.25, 0.3) is 11.8 Å². The fourth-order valence-corrected chi connectivity index (χ4v) is 5.90. The van der Waals surface area contributed by atoms with Crippen LogP contribution in [0.25, 0.3) is 17.3 Å². The molecule has 2 atom stereocenters. The van der Waals surface area contributed by atoms with Crippen molar-refractivity contribution >= 4 is 57.8 Å². The number of nitrogens with zero attached hydrogens (tertiary/aromatic N) is 4. The van der Waals surface area contributed by atoms with E-state index < -0.39 is 29.2 Å². The van der Waals surface area contributed by atoms with E-state index in [-0.39, 0.29) is 74.8 Å². The minimum Gasteiger partial charge on any atom is -0.543 e. The second kappa shape index (κ2) is 12.4.